The van der Waals surface area contributed by atoms with Crippen molar-refractivity contribution in [3.8, 4) is 0 Å². The van der Waals surface area contributed by atoms with E-state index in [4.69, 9.17) is 10.8 Å². The fourth-order valence-corrected chi connectivity index (χ4v) is 1.96. The van der Waals surface area contributed by atoms with E-state index in [0.29, 0.717) is 6.54 Å². The summed E-state index contributed by atoms with van der Waals surface area (Å²) in [7, 11) is 1.70. The summed E-state index contributed by atoms with van der Waals surface area (Å²) in [5, 5.41) is 8.57. The van der Waals surface area contributed by atoms with E-state index < -0.39 is 12.0 Å². The van der Waals surface area contributed by atoms with E-state index in [2.05, 4.69) is 12.1 Å². The highest BCUT2D eigenvalue weighted by Crippen LogP contribution is 2.05. The number of aliphatic carboxylic acids is 1. The summed E-state index contributed by atoms with van der Waals surface area (Å²) >= 11 is 0. The first-order chi connectivity index (χ1) is 9.50. The summed E-state index contributed by atoms with van der Waals surface area (Å²) in [5.41, 5.74) is 6.93. The van der Waals surface area contributed by atoms with Crippen molar-refractivity contribution in [3.63, 3.8) is 0 Å². The molecule has 5 nitrogen and oxygen atoms in total. The van der Waals surface area contributed by atoms with Crippen molar-refractivity contribution >= 4 is 11.9 Å². The normalized spacial score (nSPS) is 11.9. The van der Waals surface area contributed by atoms with Crippen LogP contribution < -0.4 is 5.73 Å². The first-order valence-corrected chi connectivity index (χ1v) is 6.77. The van der Waals surface area contributed by atoms with Gasteiger partial charge in [-0.3, -0.25) is 9.59 Å². The minimum absolute atomic E-state index is 0.0786. The molecule has 110 valence electrons. The summed E-state index contributed by atoms with van der Waals surface area (Å²) in [6.45, 7) is 0.620. The van der Waals surface area contributed by atoms with Gasteiger partial charge in [0, 0.05) is 20.0 Å². The Morgan fingerprint density at radius 2 is 1.95 bits per heavy atom. The number of nitrogens with zero attached hydrogens (tertiary/aromatic N) is 1. The first-order valence-electron chi connectivity index (χ1n) is 6.77. The minimum Gasteiger partial charge on any atom is -0.481 e. The molecule has 3 N–H and O–H groups in total. The molecule has 5 heteroatoms. The predicted molar refractivity (Wildman–Crippen MR) is 77.2 cm³/mol. The molecule has 0 aliphatic carbocycles. The van der Waals surface area contributed by atoms with Crippen LogP contribution in [-0.4, -0.2) is 41.5 Å². The molecule has 1 rings (SSSR count). The second kappa shape index (κ2) is 8.32. The predicted octanol–water partition coefficient (Wildman–Crippen LogP) is 1.27. The number of carboxylic acids is 1. The highest BCUT2D eigenvalue weighted by atomic mass is 16.4. The van der Waals surface area contributed by atoms with Crippen LogP contribution >= 0.6 is 0 Å². The molecule has 0 aromatic heterocycles. The number of amides is 1. The molecular weight excluding hydrogens is 256 g/mol. The van der Waals surface area contributed by atoms with Crippen molar-refractivity contribution < 1.29 is 14.7 Å². The van der Waals surface area contributed by atoms with Gasteiger partial charge < -0.3 is 15.7 Å². The lowest BCUT2D eigenvalue weighted by molar-refractivity contribution is -0.137. The third-order valence-electron chi connectivity index (χ3n) is 3.16. The molecular formula is C15H22N2O3. The number of hydrogen-bond acceptors (Lipinski definition) is 3. The SMILES string of the molecule is CN(CCCc1ccccc1)C(=O)C(N)CCC(=O)O. The van der Waals surface area contributed by atoms with Crippen LogP contribution in [-0.2, 0) is 16.0 Å². The van der Waals surface area contributed by atoms with Gasteiger partial charge in [-0.15, -0.1) is 0 Å². The van der Waals surface area contributed by atoms with Gasteiger partial charge in [-0.2, -0.15) is 0 Å². The Morgan fingerprint density at radius 1 is 1.30 bits per heavy atom. The highest BCUT2D eigenvalue weighted by Gasteiger charge is 2.18. The zero-order valence-corrected chi connectivity index (χ0v) is 11.8. The van der Waals surface area contributed by atoms with Crippen molar-refractivity contribution in [3.05, 3.63) is 35.9 Å². The molecule has 1 aromatic rings. The molecule has 0 saturated carbocycles. The lowest BCUT2D eigenvalue weighted by Gasteiger charge is -2.21. The lowest BCUT2D eigenvalue weighted by Crippen LogP contribution is -2.42. The van der Waals surface area contributed by atoms with E-state index in [1.54, 1.807) is 11.9 Å². The molecule has 1 aromatic carbocycles. The molecule has 0 fully saturated rings. The molecule has 1 amide bonds. The fraction of sp³-hybridized carbons (Fsp3) is 0.467. The second-order valence-electron chi connectivity index (χ2n) is 4.89. The summed E-state index contributed by atoms with van der Waals surface area (Å²) in [4.78, 5) is 23.9. The monoisotopic (exact) mass is 278 g/mol. The van der Waals surface area contributed by atoms with Crippen LogP contribution in [0.1, 0.15) is 24.8 Å². The Balaban J connectivity index is 2.29. The summed E-state index contributed by atoms with van der Waals surface area (Å²) in [6, 6.07) is 9.34. The quantitative estimate of drug-likeness (QED) is 0.750. The Kier molecular flexibility index (Phi) is 6.73. The van der Waals surface area contributed by atoms with Crippen LogP contribution in [0.4, 0.5) is 0 Å². The average Bonchev–Trinajstić information content (AvgIpc) is 2.44. The van der Waals surface area contributed by atoms with Crippen LogP contribution in [0.5, 0.6) is 0 Å². The largest absolute Gasteiger partial charge is 0.481 e. The maximum Gasteiger partial charge on any atom is 0.303 e. The van der Waals surface area contributed by atoms with Gasteiger partial charge in [0.15, 0.2) is 0 Å². The van der Waals surface area contributed by atoms with Gasteiger partial charge in [-0.25, -0.2) is 0 Å². The minimum atomic E-state index is -0.931. The number of carbonyl (C=O) groups excluding carboxylic acids is 1. The molecule has 0 saturated heterocycles. The maximum absolute atomic E-state index is 11.9. The highest BCUT2D eigenvalue weighted by molar-refractivity contribution is 5.82. The van der Waals surface area contributed by atoms with Crippen molar-refractivity contribution in [2.45, 2.75) is 31.7 Å². The summed E-state index contributed by atoms with van der Waals surface area (Å²) < 4.78 is 0. The molecule has 0 aliphatic heterocycles. The molecule has 1 unspecified atom stereocenters. The second-order valence-corrected chi connectivity index (χ2v) is 4.89. The Labute approximate surface area is 119 Å². The van der Waals surface area contributed by atoms with Gasteiger partial charge in [-0.05, 0) is 24.8 Å². The van der Waals surface area contributed by atoms with E-state index in [1.165, 1.54) is 5.56 Å². The van der Waals surface area contributed by atoms with Gasteiger partial charge in [0.1, 0.15) is 0 Å². The summed E-state index contributed by atoms with van der Waals surface area (Å²) in [6.07, 6.45) is 1.86. The maximum atomic E-state index is 11.9. The third-order valence-corrected chi connectivity index (χ3v) is 3.16. The van der Waals surface area contributed by atoms with E-state index in [1.807, 2.05) is 18.2 Å². The number of hydrogen-bond donors (Lipinski definition) is 2. The molecule has 1 atom stereocenters. The number of carbonyl (C=O) groups is 2. The number of benzene rings is 1. The zero-order chi connectivity index (χ0) is 15.0. The number of rotatable bonds is 8. The standard InChI is InChI=1S/C15H22N2O3/c1-17(15(20)13(16)9-10-14(18)19)11-5-8-12-6-3-2-4-7-12/h2-4,6-7,13H,5,8-11,16H2,1H3,(H,18,19). The Hall–Kier alpha value is -1.88. The van der Waals surface area contributed by atoms with Gasteiger partial charge >= 0.3 is 5.97 Å². The van der Waals surface area contributed by atoms with Crippen LogP contribution in [0.25, 0.3) is 0 Å². The summed E-state index contributed by atoms with van der Waals surface area (Å²) in [5.74, 6) is -1.13. The Morgan fingerprint density at radius 3 is 2.55 bits per heavy atom. The van der Waals surface area contributed by atoms with Crippen molar-refractivity contribution in [2.24, 2.45) is 5.73 Å². The number of aryl methyl sites for hydroxylation is 1. The zero-order valence-electron chi connectivity index (χ0n) is 11.8. The Bertz CT molecular complexity index is 434. The molecule has 0 aliphatic rings. The average molecular weight is 278 g/mol. The van der Waals surface area contributed by atoms with E-state index in [-0.39, 0.29) is 18.7 Å². The lowest BCUT2D eigenvalue weighted by atomic mass is 10.1. The van der Waals surface area contributed by atoms with Crippen LogP contribution in [0.15, 0.2) is 30.3 Å². The first kappa shape index (κ1) is 16.2. The van der Waals surface area contributed by atoms with Crippen molar-refractivity contribution in [2.75, 3.05) is 13.6 Å². The fourth-order valence-electron chi connectivity index (χ4n) is 1.96. The van der Waals surface area contributed by atoms with Crippen molar-refractivity contribution in [1.29, 1.82) is 0 Å². The topological polar surface area (TPSA) is 83.6 Å². The molecule has 0 radical (unpaired) electrons. The van der Waals surface area contributed by atoms with E-state index >= 15 is 0 Å². The van der Waals surface area contributed by atoms with Gasteiger partial charge in [-0.1, -0.05) is 30.3 Å². The molecule has 20 heavy (non-hydrogen) atoms. The van der Waals surface area contributed by atoms with Gasteiger partial charge in [0.25, 0.3) is 0 Å². The molecule has 0 heterocycles. The van der Waals surface area contributed by atoms with Crippen LogP contribution in [0.2, 0.25) is 0 Å². The number of nitrogens with two attached hydrogens (primary N) is 1. The smallest absolute Gasteiger partial charge is 0.303 e. The van der Waals surface area contributed by atoms with Crippen LogP contribution in [0.3, 0.4) is 0 Å². The molecule has 0 bridgehead atoms. The van der Waals surface area contributed by atoms with E-state index in [9.17, 15) is 9.59 Å². The van der Waals surface area contributed by atoms with Gasteiger partial charge in [0.2, 0.25) is 5.91 Å². The number of likely N-dealkylation sites (N-methyl/N-ethyl adjacent to an activating group) is 1. The van der Waals surface area contributed by atoms with Crippen molar-refractivity contribution in [1.82, 2.24) is 4.90 Å². The van der Waals surface area contributed by atoms with Gasteiger partial charge in [0.05, 0.1) is 6.04 Å². The third kappa shape index (κ3) is 5.84. The number of carboxylic acid groups (broad SMARTS) is 1. The molecule has 0 spiro atoms. The van der Waals surface area contributed by atoms with E-state index in [0.717, 1.165) is 12.8 Å². The van der Waals surface area contributed by atoms with Crippen LogP contribution in [0, 0.1) is 0 Å².